The van der Waals surface area contributed by atoms with Gasteiger partial charge in [-0.25, -0.2) is 14.8 Å². The molecule has 1 amide bonds. The zero-order chi connectivity index (χ0) is 25.7. The van der Waals surface area contributed by atoms with E-state index < -0.39 is 22.8 Å². The van der Waals surface area contributed by atoms with Crippen LogP contribution in [0, 0.1) is 5.92 Å². The number of halogens is 3. The van der Waals surface area contributed by atoms with Crippen LogP contribution in [0.1, 0.15) is 53.2 Å². The van der Waals surface area contributed by atoms with Gasteiger partial charge in [-0.1, -0.05) is 0 Å². The maximum absolute atomic E-state index is 13.2. The summed E-state index contributed by atoms with van der Waals surface area (Å²) in [4.78, 5) is 34.6. The molecule has 0 radical (unpaired) electrons. The van der Waals surface area contributed by atoms with Gasteiger partial charge in [0.25, 0.3) is 0 Å². The summed E-state index contributed by atoms with van der Waals surface area (Å²) in [5.41, 5.74) is 0.857. The Morgan fingerprint density at radius 2 is 1.97 bits per heavy atom. The minimum absolute atomic E-state index is 0.00373. The summed E-state index contributed by atoms with van der Waals surface area (Å²) in [5.74, 6) is -1.27. The van der Waals surface area contributed by atoms with Crippen molar-refractivity contribution >= 4 is 34.2 Å². The lowest BCUT2D eigenvalue weighted by Gasteiger charge is -2.34. The van der Waals surface area contributed by atoms with Crippen LogP contribution in [0.15, 0.2) is 24.5 Å². The highest BCUT2D eigenvalue weighted by Crippen LogP contribution is 2.37. The Morgan fingerprint density at radius 1 is 1.22 bits per heavy atom. The van der Waals surface area contributed by atoms with Crippen LogP contribution in [0.25, 0.3) is 11.0 Å². The fourth-order valence-corrected chi connectivity index (χ4v) is 6.03. The van der Waals surface area contributed by atoms with Gasteiger partial charge in [-0.15, -0.1) is 11.3 Å². The topological polar surface area (TPSA) is 109 Å². The molecule has 0 aromatic carbocycles. The Labute approximate surface area is 208 Å². The molecule has 12 heteroatoms. The molecule has 36 heavy (non-hydrogen) atoms. The van der Waals surface area contributed by atoms with Gasteiger partial charge in [0, 0.05) is 41.3 Å². The molecule has 1 fully saturated rings. The van der Waals surface area contributed by atoms with Crippen LogP contribution in [0.2, 0.25) is 0 Å². The molecule has 0 spiro atoms. The molecule has 5 rings (SSSR count). The average molecular weight is 523 g/mol. The number of aliphatic hydroxyl groups is 1. The van der Waals surface area contributed by atoms with Crippen LogP contribution in [-0.4, -0.2) is 53.7 Å². The summed E-state index contributed by atoms with van der Waals surface area (Å²) in [6.07, 6.45) is 0.434. The maximum atomic E-state index is 13.2. The van der Waals surface area contributed by atoms with Crippen molar-refractivity contribution in [1.29, 1.82) is 0 Å². The van der Waals surface area contributed by atoms with Crippen molar-refractivity contribution in [3.05, 3.63) is 45.7 Å². The van der Waals surface area contributed by atoms with Gasteiger partial charge in [0.05, 0.1) is 13.1 Å². The van der Waals surface area contributed by atoms with E-state index >= 15 is 0 Å². The second kappa shape index (κ2) is 9.15. The van der Waals surface area contributed by atoms with E-state index in [1.807, 2.05) is 16.7 Å². The second-order valence-electron chi connectivity index (χ2n) is 9.56. The number of carbonyl (C=O) groups excluding carboxylic acids is 1. The Hall–Kier alpha value is -2.99. The van der Waals surface area contributed by atoms with Gasteiger partial charge in [-0.2, -0.15) is 13.2 Å². The lowest BCUT2D eigenvalue weighted by Crippen LogP contribution is -2.43. The van der Waals surface area contributed by atoms with Gasteiger partial charge in [0.15, 0.2) is 10.6 Å². The number of nitrogens with zero attached hydrogens (tertiary/aromatic N) is 4. The van der Waals surface area contributed by atoms with E-state index in [-0.39, 0.29) is 37.6 Å². The molecule has 0 atom stereocenters. The molecule has 3 aromatic heterocycles. The fourth-order valence-electron chi connectivity index (χ4n) is 5.26. The number of hydrogen-bond donors (Lipinski definition) is 2. The SMILES string of the molecule is O=C(CC1CCC(O)(C(=O)O)CC1)N1CCc2c(n(Cc3cnc(C(F)(F)F)s3)c3ncccc23)C1. The van der Waals surface area contributed by atoms with Crippen molar-refractivity contribution in [2.24, 2.45) is 5.92 Å². The van der Waals surface area contributed by atoms with E-state index in [9.17, 15) is 33.0 Å². The number of amides is 1. The van der Waals surface area contributed by atoms with Crippen LogP contribution in [0.5, 0.6) is 0 Å². The molecule has 3 aromatic rings. The first kappa shape index (κ1) is 24.7. The van der Waals surface area contributed by atoms with E-state index in [1.165, 1.54) is 6.20 Å². The lowest BCUT2D eigenvalue weighted by atomic mass is 9.77. The molecule has 0 saturated heterocycles. The number of hydrogen-bond acceptors (Lipinski definition) is 6. The van der Waals surface area contributed by atoms with E-state index in [4.69, 9.17) is 0 Å². The standard InChI is InChI=1S/C24H25F3N4O4S/c25-24(26,27)21-29-11-15(36-21)12-31-18-13-30(9-5-16(18)17-2-1-8-28-20(17)31)19(32)10-14-3-6-23(35,7-4-14)22(33)34/h1-2,8,11,14,35H,3-7,9-10,12-13H2,(H,33,34). The molecule has 4 heterocycles. The number of thiazole rings is 1. The Kier molecular flexibility index (Phi) is 6.27. The van der Waals surface area contributed by atoms with E-state index in [0.29, 0.717) is 54.2 Å². The minimum Gasteiger partial charge on any atom is -0.479 e. The molecule has 1 aliphatic heterocycles. The number of aromatic nitrogens is 3. The van der Waals surface area contributed by atoms with Crippen LogP contribution in [0.3, 0.4) is 0 Å². The maximum Gasteiger partial charge on any atom is 0.443 e. The van der Waals surface area contributed by atoms with Crippen molar-refractivity contribution in [3.8, 4) is 0 Å². The number of fused-ring (bicyclic) bond motifs is 3. The molecule has 8 nitrogen and oxygen atoms in total. The van der Waals surface area contributed by atoms with E-state index in [0.717, 1.165) is 16.6 Å². The Morgan fingerprint density at radius 3 is 2.64 bits per heavy atom. The zero-order valence-corrected chi connectivity index (χ0v) is 20.1. The van der Waals surface area contributed by atoms with Gasteiger partial charge in [-0.05, 0) is 55.7 Å². The molecular weight excluding hydrogens is 497 g/mol. The fraction of sp³-hybridized carbons (Fsp3) is 0.500. The highest BCUT2D eigenvalue weighted by atomic mass is 32.1. The average Bonchev–Trinajstić information content (AvgIpc) is 3.44. The van der Waals surface area contributed by atoms with Gasteiger partial charge in [0.2, 0.25) is 5.91 Å². The number of aliphatic carboxylic acids is 1. The Bertz CT molecular complexity index is 1310. The number of carbonyl (C=O) groups is 2. The molecule has 1 aliphatic carbocycles. The molecule has 2 N–H and O–H groups in total. The van der Waals surface area contributed by atoms with Crippen molar-refractivity contribution in [3.63, 3.8) is 0 Å². The van der Waals surface area contributed by atoms with E-state index in [2.05, 4.69) is 9.97 Å². The van der Waals surface area contributed by atoms with E-state index in [1.54, 1.807) is 11.1 Å². The molecule has 192 valence electrons. The predicted octanol–water partition coefficient (Wildman–Crippen LogP) is 3.84. The van der Waals surface area contributed by atoms with Gasteiger partial charge >= 0.3 is 12.1 Å². The molecule has 0 unspecified atom stereocenters. The van der Waals surface area contributed by atoms with Crippen molar-refractivity contribution < 1.29 is 33.0 Å². The summed E-state index contributed by atoms with van der Waals surface area (Å²) >= 11 is 0.602. The van der Waals surface area contributed by atoms with Crippen LogP contribution in [0.4, 0.5) is 13.2 Å². The third kappa shape index (κ3) is 4.59. The van der Waals surface area contributed by atoms with Crippen molar-refractivity contribution in [1.82, 2.24) is 19.4 Å². The van der Waals surface area contributed by atoms with Crippen LogP contribution in [-0.2, 0) is 35.3 Å². The number of rotatable bonds is 5. The summed E-state index contributed by atoms with van der Waals surface area (Å²) in [6, 6.07) is 3.76. The summed E-state index contributed by atoms with van der Waals surface area (Å²) in [5, 5.41) is 19.4. The molecule has 1 saturated carbocycles. The number of pyridine rings is 1. The minimum atomic E-state index is -4.50. The van der Waals surface area contributed by atoms with Gasteiger partial charge < -0.3 is 19.7 Å². The number of alkyl halides is 3. The summed E-state index contributed by atoms with van der Waals surface area (Å²) < 4.78 is 41.1. The van der Waals surface area contributed by atoms with Crippen molar-refractivity contribution in [2.45, 2.75) is 63.4 Å². The first-order valence-corrected chi connectivity index (χ1v) is 12.6. The highest BCUT2D eigenvalue weighted by molar-refractivity contribution is 7.11. The third-order valence-electron chi connectivity index (χ3n) is 7.27. The largest absolute Gasteiger partial charge is 0.479 e. The van der Waals surface area contributed by atoms with Crippen LogP contribution >= 0.6 is 11.3 Å². The first-order chi connectivity index (χ1) is 17.0. The summed E-state index contributed by atoms with van der Waals surface area (Å²) in [7, 11) is 0. The molecular formula is C24H25F3N4O4S. The smallest absolute Gasteiger partial charge is 0.443 e. The summed E-state index contributed by atoms with van der Waals surface area (Å²) in [6.45, 7) is 1.01. The van der Waals surface area contributed by atoms with Crippen molar-refractivity contribution in [2.75, 3.05) is 6.54 Å². The van der Waals surface area contributed by atoms with Gasteiger partial charge in [-0.3, -0.25) is 4.79 Å². The molecule has 0 bridgehead atoms. The Balaban J connectivity index is 1.35. The molecule has 2 aliphatic rings. The quantitative estimate of drug-likeness (QED) is 0.527. The number of carboxylic acid groups (broad SMARTS) is 1. The number of carboxylic acids is 1. The predicted molar refractivity (Wildman–Crippen MR) is 124 cm³/mol. The van der Waals surface area contributed by atoms with Crippen LogP contribution < -0.4 is 0 Å². The second-order valence-corrected chi connectivity index (χ2v) is 10.7. The third-order valence-corrected chi connectivity index (χ3v) is 8.30. The first-order valence-electron chi connectivity index (χ1n) is 11.8. The lowest BCUT2D eigenvalue weighted by molar-refractivity contribution is -0.163. The zero-order valence-electron chi connectivity index (χ0n) is 19.3. The van der Waals surface area contributed by atoms with Gasteiger partial charge in [0.1, 0.15) is 5.65 Å². The normalized spacial score (nSPS) is 22.6. The highest BCUT2D eigenvalue weighted by Gasteiger charge is 2.41. The monoisotopic (exact) mass is 522 g/mol.